The molecule has 1 saturated heterocycles. The molecule has 204 valence electrons. The molecule has 1 rings (SSSR count). The van der Waals surface area contributed by atoms with E-state index in [4.69, 9.17) is 15.1 Å². The van der Waals surface area contributed by atoms with Crippen molar-refractivity contribution in [3.63, 3.8) is 0 Å². The summed E-state index contributed by atoms with van der Waals surface area (Å²) in [6, 6.07) is 0. The number of rotatable bonds is 13. The van der Waals surface area contributed by atoms with Crippen LogP contribution in [0.3, 0.4) is 0 Å². The van der Waals surface area contributed by atoms with Gasteiger partial charge in [0.1, 0.15) is 0 Å². The predicted molar refractivity (Wildman–Crippen MR) is 150 cm³/mol. The minimum atomic E-state index is -0.968. The molecule has 1 heterocycles. The highest BCUT2D eigenvalue weighted by Gasteiger charge is 2.24. The number of carboxylic acids is 2. The quantitative estimate of drug-likeness (QED) is 0.167. The summed E-state index contributed by atoms with van der Waals surface area (Å²) in [5.74, 6) is -2.64. The van der Waals surface area contributed by atoms with Crippen LogP contribution in [0.4, 0.5) is 0 Å². The third-order valence-corrected chi connectivity index (χ3v) is 5.36. The summed E-state index contributed by atoms with van der Waals surface area (Å²) in [4.78, 5) is 38.4. The van der Waals surface area contributed by atoms with Crippen LogP contribution < -0.4 is 5.59 Å². The first kappa shape index (κ1) is 32.0. The van der Waals surface area contributed by atoms with Gasteiger partial charge in [-0.1, -0.05) is 101 Å². The number of carbonyl (C=O) groups excluding carboxylic acids is 1. The molecule has 0 spiro atoms. The lowest BCUT2D eigenvalue weighted by molar-refractivity contribution is -0.163. The van der Waals surface area contributed by atoms with Crippen LogP contribution in [-0.4, -0.2) is 46.2 Å². The van der Waals surface area contributed by atoms with Crippen molar-refractivity contribution in [3.8, 4) is 0 Å². The highest BCUT2D eigenvalue weighted by molar-refractivity contribution is 5.82. The molecule has 0 saturated carbocycles. The Morgan fingerprint density at radius 1 is 0.684 bits per heavy atom. The minimum Gasteiger partial charge on any atom is -0.481 e. The van der Waals surface area contributed by atoms with Crippen LogP contribution in [0, 0.1) is 5.92 Å². The zero-order valence-electron chi connectivity index (χ0n) is 22.5. The van der Waals surface area contributed by atoms with Crippen LogP contribution in [-0.2, 0) is 19.2 Å². The van der Waals surface area contributed by atoms with Gasteiger partial charge in [-0.25, -0.2) is 14.6 Å². The topological polar surface area (TPSA) is 116 Å². The number of carbonyl (C=O) groups is 3. The van der Waals surface area contributed by atoms with Gasteiger partial charge in [0.2, 0.25) is 0 Å². The van der Waals surface area contributed by atoms with Crippen LogP contribution in [0.2, 0.25) is 0 Å². The van der Waals surface area contributed by atoms with Gasteiger partial charge in [0.25, 0.3) is 0 Å². The summed E-state index contributed by atoms with van der Waals surface area (Å²) >= 11 is 0. The molecule has 0 aromatic rings. The molecule has 0 radical (unpaired) electrons. The molecule has 0 bridgehead atoms. The van der Waals surface area contributed by atoms with Gasteiger partial charge in [0.05, 0.1) is 5.92 Å². The first-order chi connectivity index (χ1) is 18.1. The largest absolute Gasteiger partial charge is 0.481 e. The molecule has 8 nitrogen and oxygen atoms in total. The number of aliphatic carboxylic acids is 2. The highest BCUT2D eigenvalue weighted by atomic mass is 16.7. The monoisotopic (exact) mass is 522 g/mol. The fourth-order valence-electron chi connectivity index (χ4n) is 3.10. The number of hydrazine groups is 1. The van der Waals surface area contributed by atoms with Gasteiger partial charge in [0.15, 0.2) is 0 Å². The molecule has 1 fully saturated rings. The average molecular weight is 523 g/mol. The fourth-order valence-corrected chi connectivity index (χ4v) is 3.10. The zero-order valence-corrected chi connectivity index (χ0v) is 22.5. The Balaban J connectivity index is 2.43. The van der Waals surface area contributed by atoms with E-state index in [9.17, 15) is 14.4 Å². The van der Waals surface area contributed by atoms with Gasteiger partial charge in [-0.3, -0.25) is 4.79 Å². The molecule has 8 heteroatoms. The van der Waals surface area contributed by atoms with E-state index in [-0.39, 0.29) is 5.92 Å². The summed E-state index contributed by atoms with van der Waals surface area (Å²) in [5.41, 5.74) is 6.40. The van der Waals surface area contributed by atoms with Crippen LogP contribution >= 0.6 is 0 Å². The van der Waals surface area contributed by atoms with Crippen LogP contribution in [0.5, 0.6) is 0 Å². The smallest absolute Gasteiger partial charge is 0.350 e. The van der Waals surface area contributed by atoms with E-state index in [0.29, 0.717) is 25.9 Å². The van der Waals surface area contributed by atoms with Gasteiger partial charge in [-0.05, 0) is 40.5 Å². The number of hydrogen-bond donors (Lipinski definition) is 3. The Labute approximate surface area is 225 Å². The van der Waals surface area contributed by atoms with Crippen molar-refractivity contribution in [1.82, 2.24) is 10.6 Å². The molecular formula is C30H38N2O6. The number of allylic oxidation sites excluding steroid dienone is 16. The molecule has 38 heavy (non-hydrogen) atoms. The maximum Gasteiger partial charge on any atom is 0.350 e. The van der Waals surface area contributed by atoms with Crippen LogP contribution in [0.1, 0.15) is 40.5 Å². The van der Waals surface area contributed by atoms with E-state index in [2.05, 4.69) is 5.59 Å². The number of hydrogen-bond acceptors (Lipinski definition) is 6. The first-order valence-corrected chi connectivity index (χ1v) is 12.3. The van der Waals surface area contributed by atoms with Crippen molar-refractivity contribution in [2.45, 2.75) is 40.5 Å². The van der Waals surface area contributed by atoms with Crippen molar-refractivity contribution in [2.75, 3.05) is 13.1 Å². The first-order valence-electron chi connectivity index (χ1n) is 12.3. The third kappa shape index (κ3) is 15.9. The Morgan fingerprint density at radius 3 is 1.61 bits per heavy atom. The molecular weight excluding hydrogens is 484 g/mol. The Hall–Kier alpha value is -4.01. The number of carboxylic acid groups (broad SMARTS) is 2. The summed E-state index contributed by atoms with van der Waals surface area (Å²) in [7, 11) is 0. The lowest BCUT2D eigenvalue weighted by Crippen LogP contribution is -2.45. The van der Waals surface area contributed by atoms with E-state index in [1.54, 1.807) is 17.2 Å². The van der Waals surface area contributed by atoms with Crippen molar-refractivity contribution in [3.05, 3.63) is 107 Å². The highest BCUT2D eigenvalue weighted by Crippen LogP contribution is 2.15. The summed E-state index contributed by atoms with van der Waals surface area (Å²) in [6.07, 6.45) is 25.9. The summed E-state index contributed by atoms with van der Waals surface area (Å²) in [5, 5.41) is 19.3. The molecule has 0 atom stereocenters. The maximum atomic E-state index is 11.9. The second-order valence-corrected chi connectivity index (χ2v) is 8.86. The molecule has 0 unspecified atom stereocenters. The maximum absolute atomic E-state index is 11.9. The van der Waals surface area contributed by atoms with Crippen molar-refractivity contribution >= 4 is 17.9 Å². The van der Waals surface area contributed by atoms with Gasteiger partial charge in [-0.15, -0.1) is 0 Å². The Bertz CT molecular complexity index is 1090. The van der Waals surface area contributed by atoms with E-state index < -0.39 is 17.9 Å². The van der Waals surface area contributed by atoms with Gasteiger partial charge in [0, 0.05) is 25.2 Å². The Kier molecular flexibility index (Phi) is 15.4. The SMILES string of the molecule is CC(=C/C=C/C(C)=C/C=C/C=C(C)/C=C/C=C(C)/C=C/C(=O)ONN1CCC(C(=O)O)CC1)/C=C/C(=O)O. The Morgan fingerprint density at radius 2 is 1.13 bits per heavy atom. The number of piperidine rings is 1. The van der Waals surface area contributed by atoms with Crippen LogP contribution in [0.15, 0.2) is 107 Å². The normalized spacial score (nSPS) is 17.6. The standard InChI is InChI=1S/C30H38N2O6/c1-23(11-7-13-25(3)15-17-28(33)34)9-5-6-10-24(2)12-8-14-26(4)16-18-29(35)38-31-32-21-19-27(20-22-32)30(36)37/h5-18,27,31H,19-22H2,1-4H3,(H,33,34)(H,36,37)/b6-5+,11-7+,12-8+,17-15+,18-16+,23-9+,24-10+,25-13-,26-14+. The fraction of sp³-hybridized carbons (Fsp3) is 0.300. The lowest BCUT2D eigenvalue weighted by Gasteiger charge is -2.28. The van der Waals surface area contributed by atoms with Gasteiger partial charge < -0.3 is 15.1 Å². The van der Waals surface area contributed by atoms with Crippen LogP contribution in [0.25, 0.3) is 0 Å². The van der Waals surface area contributed by atoms with E-state index >= 15 is 0 Å². The molecule has 0 aromatic carbocycles. The molecule has 1 aliphatic rings. The van der Waals surface area contributed by atoms with Gasteiger partial charge >= 0.3 is 17.9 Å². The predicted octanol–water partition coefficient (Wildman–Crippen LogP) is 5.40. The zero-order chi connectivity index (χ0) is 28.3. The van der Waals surface area contributed by atoms with Crippen molar-refractivity contribution in [2.24, 2.45) is 5.92 Å². The lowest BCUT2D eigenvalue weighted by atomic mass is 9.98. The second-order valence-electron chi connectivity index (χ2n) is 8.86. The molecule has 3 N–H and O–H groups in total. The molecule has 1 aliphatic heterocycles. The van der Waals surface area contributed by atoms with E-state index in [1.165, 1.54) is 6.08 Å². The van der Waals surface area contributed by atoms with Gasteiger partial charge in [-0.2, -0.15) is 0 Å². The molecule has 0 aliphatic carbocycles. The second kappa shape index (κ2) is 18.3. The van der Waals surface area contributed by atoms with E-state index in [1.807, 2.05) is 88.5 Å². The number of nitrogens with one attached hydrogen (secondary N) is 1. The third-order valence-electron chi connectivity index (χ3n) is 5.36. The number of nitrogens with zero attached hydrogens (tertiary/aromatic N) is 1. The minimum absolute atomic E-state index is 0.344. The average Bonchev–Trinajstić information content (AvgIpc) is 2.87. The van der Waals surface area contributed by atoms with Crippen molar-refractivity contribution in [1.29, 1.82) is 0 Å². The summed E-state index contributed by atoms with van der Waals surface area (Å²) < 4.78 is 0. The summed E-state index contributed by atoms with van der Waals surface area (Å²) in [6.45, 7) is 8.67. The van der Waals surface area contributed by atoms with E-state index in [0.717, 1.165) is 28.4 Å². The molecule has 0 amide bonds. The van der Waals surface area contributed by atoms with Crippen molar-refractivity contribution < 1.29 is 29.4 Å². The molecule has 0 aromatic heterocycles.